The van der Waals surface area contributed by atoms with Gasteiger partial charge >= 0.3 is 0 Å². The van der Waals surface area contributed by atoms with Gasteiger partial charge in [0.2, 0.25) is 17.7 Å². The van der Waals surface area contributed by atoms with Crippen LogP contribution in [0.25, 0.3) is 32.9 Å². The zero-order valence-corrected chi connectivity index (χ0v) is 31.4. The second-order valence-electron chi connectivity index (χ2n) is 14.5. The highest BCUT2D eigenvalue weighted by atomic mass is 16.6. The Bertz CT molecular complexity index is 1990. The number of carbonyl (C=O) groups is 4. The van der Waals surface area contributed by atoms with Gasteiger partial charge in [0.15, 0.2) is 5.78 Å². The number of nitrogens with zero attached hydrogens (tertiary/aromatic N) is 5. The fourth-order valence-corrected chi connectivity index (χ4v) is 7.89. The van der Waals surface area contributed by atoms with E-state index in [0.29, 0.717) is 91.3 Å². The van der Waals surface area contributed by atoms with Crippen molar-refractivity contribution in [3.05, 3.63) is 55.0 Å². The Balaban J connectivity index is 0.679. The highest BCUT2D eigenvalue weighted by Gasteiger charge is 2.55. The molecule has 5 heterocycles. The second kappa shape index (κ2) is 17.9. The van der Waals surface area contributed by atoms with Crippen molar-refractivity contribution in [3.63, 3.8) is 0 Å². The molecule has 2 amide bonds. The van der Waals surface area contributed by atoms with E-state index < -0.39 is 11.5 Å². The summed E-state index contributed by atoms with van der Waals surface area (Å²) in [7, 11) is 2.07. The van der Waals surface area contributed by atoms with Crippen LogP contribution in [0.15, 0.2) is 55.0 Å². The number of amides is 2. The van der Waals surface area contributed by atoms with Crippen LogP contribution in [0.5, 0.6) is 5.88 Å². The molecular formula is C41H49N5O9. The van der Waals surface area contributed by atoms with E-state index in [9.17, 15) is 19.2 Å². The van der Waals surface area contributed by atoms with E-state index in [-0.39, 0.29) is 49.1 Å². The first kappa shape index (κ1) is 38.7. The minimum Gasteiger partial charge on any atom is -0.475 e. The number of fused-ring (bicyclic) bond motifs is 3. The van der Waals surface area contributed by atoms with E-state index in [1.807, 2.05) is 36.8 Å². The zero-order chi connectivity index (χ0) is 38.2. The summed E-state index contributed by atoms with van der Waals surface area (Å²) in [6, 6.07) is 11.6. The molecule has 1 aliphatic carbocycles. The van der Waals surface area contributed by atoms with Crippen LogP contribution in [0.2, 0.25) is 0 Å². The summed E-state index contributed by atoms with van der Waals surface area (Å²) in [6.07, 6.45) is 7.15. The maximum absolute atomic E-state index is 13.3. The van der Waals surface area contributed by atoms with Gasteiger partial charge in [-0.1, -0.05) is 12.1 Å². The third-order valence-electron chi connectivity index (χ3n) is 11.0. The van der Waals surface area contributed by atoms with Gasteiger partial charge in [0.25, 0.3) is 0 Å². The highest BCUT2D eigenvalue weighted by Crippen LogP contribution is 2.44. The third kappa shape index (κ3) is 8.94. The summed E-state index contributed by atoms with van der Waals surface area (Å²) in [5, 5.41) is 2.32. The lowest BCUT2D eigenvalue weighted by Gasteiger charge is -2.38. The molecule has 14 heteroatoms. The number of likely N-dealkylation sites (tertiary alicyclic amines) is 2. The predicted molar refractivity (Wildman–Crippen MR) is 202 cm³/mol. The number of hydrogen-bond donors (Lipinski definition) is 0. The monoisotopic (exact) mass is 755 g/mol. The number of ketones is 2. The Hall–Kier alpha value is -4.60. The summed E-state index contributed by atoms with van der Waals surface area (Å²) in [5.41, 5.74) is 3.67. The van der Waals surface area contributed by atoms with Crippen molar-refractivity contribution in [2.45, 2.75) is 44.6 Å². The fraction of sp³-hybridized carbons (Fsp3) is 0.512. The van der Waals surface area contributed by atoms with E-state index in [2.05, 4.69) is 44.7 Å². The van der Waals surface area contributed by atoms with Gasteiger partial charge in [-0.15, -0.1) is 0 Å². The topological polar surface area (TPSA) is 152 Å². The minimum atomic E-state index is -0.777. The van der Waals surface area contributed by atoms with Crippen molar-refractivity contribution in [1.82, 2.24) is 24.3 Å². The largest absolute Gasteiger partial charge is 0.475 e. The number of aromatic nitrogens is 3. The fourth-order valence-electron chi connectivity index (χ4n) is 7.89. The summed E-state index contributed by atoms with van der Waals surface area (Å²) in [6.45, 7) is 6.22. The van der Waals surface area contributed by atoms with Crippen LogP contribution in [0, 0.1) is 5.41 Å². The van der Waals surface area contributed by atoms with E-state index in [1.54, 1.807) is 0 Å². The maximum Gasteiger partial charge on any atom is 0.236 e. The van der Waals surface area contributed by atoms with Crippen molar-refractivity contribution in [1.29, 1.82) is 0 Å². The summed E-state index contributed by atoms with van der Waals surface area (Å²) >= 11 is 0. The smallest absolute Gasteiger partial charge is 0.236 e. The lowest BCUT2D eigenvalue weighted by Crippen LogP contribution is -2.51. The average Bonchev–Trinajstić information content (AvgIpc) is 3.61. The predicted octanol–water partition coefficient (Wildman–Crippen LogP) is 3.77. The molecule has 7 rings (SSSR count). The number of Topliss-reactive ketones (excluding diaryl/α,β-unsaturated/α-hetero) is 2. The zero-order valence-electron chi connectivity index (χ0n) is 31.4. The summed E-state index contributed by atoms with van der Waals surface area (Å²) in [4.78, 5) is 62.3. The molecule has 0 bridgehead atoms. The van der Waals surface area contributed by atoms with Crippen LogP contribution < -0.4 is 4.74 Å². The Morgan fingerprint density at radius 3 is 2.15 bits per heavy atom. The van der Waals surface area contributed by atoms with Crippen molar-refractivity contribution < 1.29 is 42.9 Å². The number of pyridine rings is 2. The number of carbonyl (C=O) groups excluding carboxylic acids is 4. The van der Waals surface area contributed by atoms with Gasteiger partial charge in [0.05, 0.1) is 76.2 Å². The molecule has 1 spiro atoms. The molecule has 3 fully saturated rings. The molecule has 55 heavy (non-hydrogen) atoms. The molecule has 14 nitrogen and oxygen atoms in total. The van der Waals surface area contributed by atoms with Crippen LogP contribution in [-0.2, 0) is 45.2 Å². The summed E-state index contributed by atoms with van der Waals surface area (Å²) in [5.74, 6) is -0.403. The molecule has 292 valence electrons. The molecule has 1 atom stereocenters. The molecule has 3 aromatic heterocycles. The van der Waals surface area contributed by atoms with Crippen molar-refractivity contribution >= 4 is 45.2 Å². The Morgan fingerprint density at radius 2 is 1.45 bits per heavy atom. The van der Waals surface area contributed by atoms with Gasteiger partial charge in [0, 0.05) is 72.9 Å². The minimum absolute atomic E-state index is 0.120. The van der Waals surface area contributed by atoms with E-state index in [4.69, 9.17) is 23.7 Å². The molecule has 1 aromatic carbocycles. The highest BCUT2D eigenvalue weighted by molar-refractivity contribution is 6.12. The Labute approximate surface area is 320 Å². The van der Waals surface area contributed by atoms with Crippen LogP contribution in [0.4, 0.5) is 0 Å². The number of hydrogen-bond acceptors (Lipinski definition) is 12. The van der Waals surface area contributed by atoms with Gasteiger partial charge in [-0.3, -0.25) is 29.1 Å². The number of aryl methyl sites for hydroxylation is 1. The molecule has 0 N–H and O–H groups in total. The average molecular weight is 756 g/mol. The normalized spacial score (nSPS) is 19.1. The van der Waals surface area contributed by atoms with Gasteiger partial charge in [0.1, 0.15) is 12.4 Å². The maximum atomic E-state index is 13.3. The van der Waals surface area contributed by atoms with Crippen LogP contribution >= 0.6 is 0 Å². The molecule has 2 aliphatic heterocycles. The Kier molecular flexibility index (Phi) is 12.6. The second-order valence-corrected chi connectivity index (χ2v) is 14.5. The molecule has 2 saturated heterocycles. The van der Waals surface area contributed by atoms with Gasteiger partial charge in [-0.2, -0.15) is 0 Å². The van der Waals surface area contributed by atoms with E-state index in [1.165, 1.54) is 10.3 Å². The molecule has 4 aromatic rings. The molecule has 0 radical (unpaired) electrons. The third-order valence-corrected chi connectivity index (χ3v) is 11.0. The number of benzene rings is 1. The molecule has 1 saturated carbocycles. The summed E-state index contributed by atoms with van der Waals surface area (Å²) < 4.78 is 30.5. The number of rotatable bonds is 18. The van der Waals surface area contributed by atoms with Gasteiger partial charge in [-0.05, 0) is 56.1 Å². The van der Waals surface area contributed by atoms with Crippen LogP contribution in [0.1, 0.15) is 38.5 Å². The van der Waals surface area contributed by atoms with Gasteiger partial charge < -0.3 is 33.2 Å². The Morgan fingerprint density at radius 1 is 0.764 bits per heavy atom. The van der Waals surface area contributed by atoms with E-state index in [0.717, 1.165) is 34.1 Å². The lowest BCUT2D eigenvalue weighted by molar-refractivity contribution is -0.151. The number of ether oxygens (including phenoxy) is 5. The van der Waals surface area contributed by atoms with E-state index >= 15 is 0 Å². The standard InChI is InChI=1S/C41H49N5O9/c1-44-34-8-11-42-28-33(34)32-5-2-29(24-36(32)44)30-3-7-38(43-27-30)55-23-22-54-21-20-53-19-18-52-17-16-51-15-14-45-12-9-41(10-13-45)26-39(49)46(40(41)50)35-6-4-31(47)25-37(35)48/h2-3,5,7-8,11,24,27-28,35H,4,6,9-10,12-23,25-26H2,1H3. The molecule has 3 aliphatic rings. The number of imide groups is 1. The van der Waals surface area contributed by atoms with Crippen molar-refractivity contribution in [2.75, 3.05) is 79.1 Å². The first-order valence-electron chi connectivity index (χ1n) is 19.2. The molecule has 1 unspecified atom stereocenters. The quantitative estimate of drug-likeness (QED) is 0.0826. The van der Waals surface area contributed by atoms with Crippen LogP contribution in [-0.4, -0.2) is 133 Å². The van der Waals surface area contributed by atoms with Crippen LogP contribution in [0.3, 0.4) is 0 Å². The SMILES string of the molecule is Cn1c2ccncc2c2ccc(-c3ccc(OCCOCCOCCOCCOCCN4CCC5(CC4)CC(=O)N(C4CCC(=O)CC4=O)C5=O)nc3)cc21. The number of piperidine rings is 1. The van der Waals surface area contributed by atoms with Crippen molar-refractivity contribution in [3.8, 4) is 17.0 Å². The lowest BCUT2D eigenvalue weighted by atomic mass is 9.77. The van der Waals surface area contributed by atoms with Crippen molar-refractivity contribution in [2.24, 2.45) is 12.5 Å². The molecular weight excluding hydrogens is 706 g/mol. The first-order chi connectivity index (χ1) is 26.8. The first-order valence-corrected chi connectivity index (χ1v) is 19.2. The van der Waals surface area contributed by atoms with Gasteiger partial charge in [-0.25, -0.2) is 4.98 Å².